The van der Waals surface area contributed by atoms with Crippen molar-refractivity contribution in [2.45, 2.75) is 19.5 Å². The summed E-state index contributed by atoms with van der Waals surface area (Å²) >= 11 is 0. The molecule has 8 heteroatoms. The molecule has 0 unspecified atom stereocenters. The summed E-state index contributed by atoms with van der Waals surface area (Å²) in [4.78, 5) is 22.7. The largest absolute Gasteiger partial charge is 0.478 e. The van der Waals surface area contributed by atoms with Gasteiger partial charge in [0, 0.05) is 24.0 Å². The number of aromatic carboxylic acids is 1. The molecule has 0 saturated carbocycles. The molecule has 134 valence electrons. The molecule has 0 amide bonds. The molecule has 0 aliphatic heterocycles. The van der Waals surface area contributed by atoms with Gasteiger partial charge in [-0.3, -0.25) is 9.48 Å². The molecule has 0 saturated heterocycles. The van der Waals surface area contributed by atoms with Gasteiger partial charge in [-0.2, -0.15) is 5.10 Å². The van der Waals surface area contributed by atoms with Gasteiger partial charge in [-0.1, -0.05) is 18.2 Å². The van der Waals surface area contributed by atoms with Crippen LogP contribution in [0, 0.1) is 0 Å². The standard InChI is InChI=1S/C18H15F2N3O3/c19-17(20)15-7-12(9-23-11-14(8-21-23)18(25)26)4-5-13(15)10-22-6-2-1-3-16(22)24/h1-8,11,17H,9-10H2,(H,25,26). The van der Waals surface area contributed by atoms with E-state index in [1.54, 1.807) is 30.5 Å². The van der Waals surface area contributed by atoms with Gasteiger partial charge in [0.15, 0.2) is 0 Å². The molecule has 0 aliphatic carbocycles. The maximum atomic E-state index is 13.5. The summed E-state index contributed by atoms with van der Waals surface area (Å²) in [5.41, 5.74) is 0.505. The Morgan fingerprint density at radius 3 is 2.65 bits per heavy atom. The van der Waals surface area contributed by atoms with Crippen LogP contribution in [0.1, 0.15) is 33.5 Å². The number of aromatic nitrogens is 3. The number of carboxylic acids is 1. The molecule has 3 rings (SSSR count). The van der Waals surface area contributed by atoms with Gasteiger partial charge in [0.2, 0.25) is 0 Å². The molecule has 0 radical (unpaired) electrons. The lowest BCUT2D eigenvalue weighted by Gasteiger charge is -2.13. The molecule has 26 heavy (non-hydrogen) atoms. The number of alkyl halides is 2. The van der Waals surface area contributed by atoms with E-state index >= 15 is 0 Å². The van der Waals surface area contributed by atoms with Crippen LogP contribution in [0.25, 0.3) is 0 Å². The van der Waals surface area contributed by atoms with Crippen molar-refractivity contribution in [1.82, 2.24) is 14.3 Å². The molecule has 1 aromatic carbocycles. The SMILES string of the molecule is O=C(O)c1cnn(Cc2ccc(Cn3ccccc3=O)c(C(F)F)c2)c1. The van der Waals surface area contributed by atoms with Gasteiger partial charge in [0.1, 0.15) is 0 Å². The molecule has 1 N–H and O–H groups in total. The van der Waals surface area contributed by atoms with Crippen molar-refractivity contribution in [1.29, 1.82) is 0 Å². The number of hydrogen-bond acceptors (Lipinski definition) is 3. The van der Waals surface area contributed by atoms with Crippen molar-refractivity contribution in [2.75, 3.05) is 0 Å². The third-order valence-corrected chi connectivity index (χ3v) is 3.91. The minimum atomic E-state index is -2.70. The average molecular weight is 359 g/mol. The van der Waals surface area contributed by atoms with Crippen LogP contribution < -0.4 is 5.56 Å². The first kappa shape index (κ1) is 17.5. The quantitative estimate of drug-likeness (QED) is 0.734. The Hall–Kier alpha value is -3.29. The van der Waals surface area contributed by atoms with Crippen LogP contribution >= 0.6 is 0 Å². The van der Waals surface area contributed by atoms with Gasteiger partial charge in [-0.25, -0.2) is 13.6 Å². The summed E-state index contributed by atoms with van der Waals surface area (Å²) in [5, 5.41) is 12.8. The fourth-order valence-corrected chi connectivity index (χ4v) is 2.61. The van der Waals surface area contributed by atoms with E-state index in [0.29, 0.717) is 11.1 Å². The maximum absolute atomic E-state index is 13.5. The number of nitrogens with zero attached hydrogens (tertiary/aromatic N) is 3. The van der Waals surface area contributed by atoms with E-state index in [-0.39, 0.29) is 29.8 Å². The first-order chi connectivity index (χ1) is 12.4. The van der Waals surface area contributed by atoms with Crippen molar-refractivity contribution in [3.63, 3.8) is 0 Å². The number of carboxylic acid groups (broad SMARTS) is 1. The molecular formula is C18H15F2N3O3. The van der Waals surface area contributed by atoms with Crippen LogP contribution in [0.3, 0.4) is 0 Å². The molecule has 2 heterocycles. The summed E-state index contributed by atoms with van der Waals surface area (Å²) in [6, 6.07) is 9.19. The van der Waals surface area contributed by atoms with Crippen molar-refractivity contribution < 1.29 is 18.7 Å². The molecule has 0 aliphatic rings. The normalized spacial score (nSPS) is 11.0. The Labute approximate surface area is 146 Å². The second-order valence-electron chi connectivity index (χ2n) is 5.73. The molecule has 0 atom stereocenters. The maximum Gasteiger partial charge on any atom is 0.338 e. The number of carbonyl (C=O) groups is 1. The van der Waals surface area contributed by atoms with E-state index < -0.39 is 12.4 Å². The number of hydrogen-bond donors (Lipinski definition) is 1. The van der Waals surface area contributed by atoms with Crippen LogP contribution in [0.15, 0.2) is 59.8 Å². The number of rotatable bonds is 6. The van der Waals surface area contributed by atoms with Crippen molar-refractivity contribution in [2.24, 2.45) is 0 Å². The predicted octanol–water partition coefficient (Wildman–Crippen LogP) is 2.78. The zero-order valence-corrected chi connectivity index (χ0v) is 13.5. The zero-order valence-electron chi connectivity index (χ0n) is 13.5. The van der Waals surface area contributed by atoms with E-state index in [1.807, 2.05) is 0 Å². The predicted molar refractivity (Wildman–Crippen MR) is 89.5 cm³/mol. The highest BCUT2D eigenvalue weighted by atomic mass is 19.3. The van der Waals surface area contributed by atoms with Crippen LogP contribution in [0.5, 0.6) is 0 Å². The van der Waals surface area contributed by atoms with Gasteiger partial charge in [0.25, 0.3) is 12.0 Å². The number of benzene rings is 1. The fourth-order valence-electron chi connectivity index (χ4n) is 2.61. The lowest BCUT2D eigenvalue weighted by molar-refractivity contribution is 0.0696. The Morgan fingerprint density at radius 1 is 1.19 bits per heavy atom. The molecule has 3 aromatic rings. The third kappa shape index (κ3) is 3.85. The second-order valence-corrected chi connectivity index (χ2v) is 5.73. The van der Waals surface area contributed by atoms with E-state index in [2.05, 4.69) is 5.10 Å². The molecule has 0 bridgehead atoms. The van der Waals surface area contributed by atoms with Crippen molar-refractivity contribution in [3.05, 3.63) is 87.6 Å². The third-order valence-electron chi connectivity index (χ3n) is 3.91. The van der Waals surface area contributed by atoms with Crippen LogP contribution in [-0.4, -0.2) is 25.4 Å². The molecule has 2 aromatic heterocycles. The molecule has 0 spiro atoms. The van der Waals surface area contributed by atoms with Crippen LogP contribution in [0.2, 0.25) is 0 Å². The molecule has 0 fully saturated rings. The summed E-state index contributed by atoms with van der Waals surface area (Å²) < 4.78 is 29.7. The highest BCUT2D eigenvalue weighted by molar-refractivity contribution is 5.86. The lowest BCUT2D eigenvalue weighted by Crippen LogP contribution is -2.19. The molecular weight excluding hydrogens is 344 g/mol. The van der Waals surface area contributed by atoms with Gasteiger partial charge in [-0.15, -0.1) is 0 Å². The Morgan fingerprint density at radius 2 is 2.00 bits per heavy atom. The van der Waals surface area contributed by atoms with Gasteiger partial charge >= 0.3 is 5.97 Å². The number of halogens is 2. The highest BCUT2D eigenvalue weighted by Crippen LogP contribution is 2.25. The summed E-state index contributed by atoms with van der Waals surface area (Å²) in [7, 11) is 0. The topological polar surface area (TPSA) is 77.1 Å². The fraction of sp³-hybridized carbons (Fsp3) is 0.167. The average Bonchev–Trinajstić information content (AvgIpc) is 3.07. The smallest absolute Gasteiger partial charge is 0.338 e. The zero-order chi connectivity index (χ0) is 18.7. The highest BCUT2D eigenvalue weighted by Gasteiger charge is 2.15. The first-order valence-corrected chi connectivity index (χ1v) is 7.75. The summed E-state index contributed by atoms with van der Waals surface area (Å²) in [6.07, 6.45) is 1.38. The first-order valence-electron chi connectivity index (χ1n) is 7.75. The van der Waals surface area contributed by atoms with E-state index in [0.717, 1.165) is 0 Å². The Balaban J connectivity index is 1.87. The summed E-state index contributed by atoms with van der Waals surface area (Å²) in [6.45, 7) is 0.211. The monoisotopic (exact) mass is 359 g/mol. The minimum absolute atomic E-state index is 0.0270. The van der Waals surface area contributed by atoms with Gasteiger partial charge in [0.05, 0.1) is 24.8 Å². The Kier molecular flexibility index (Phi) is 4.92. The minimum Gasteiger partial charge on any atom is -0.478 e. The van der Waals surface area contributed by atoms with E-state index in [1.165, 1.54) is 33.8 Å². The van der Waals surface area contributed by atoms with Gasteiger partial charge < -0.3 is 9.67 Å². The number of pyridine rings is 1. The van der Waals surface area contributed by atoms with Crippen LogP contribution in [0.4, 0.5) is 8.78 Å². The van der Waals surface area contributed by atoms with E-state index in [9.17, 15) is 18.4 Å². The Bertz CT molecular complexity index is 995. The summed E-state index contributed by atoms with van der Waals surface area (Å²) in [5.74, 6) is -1.10. The molecule has 6 nitrogen and oxygen atoms in total. The lowest BCUT2D eigenvalue weighted by atomic mass is 10.0. The van der Waals surface area contributed by atoms with Gasteiger partial charge in [-0.05, 0) is 23.3 Å². The second kappa shape index (κ2) is 7.30. The van der Waals surface area contributed by atoms with Crippen LogP contribution in [-0.2, 0) is 13.1 Å². The van der Waals surface area contributed by atoms with E-state index in [4.69, 9.17) is 5.11 Å². The van der Waals surface area contributed by atoms with Crippen molar-refractivity contribution >= 4 is 5.97 Å². The van der Waals surface area contributed by atoms with Crippen molar-refractivity contribution in [3.8, 4) is 0 Å².